The molecule has 2 aliphatic rings. The number of aliphatic carboxylic acids is 1. The number of aryl methyl sites for hydroxylation is 2. The van der Waals surface area contributed by atoms with Gasteiger partial charge in [0, 0.05) is 0 Å². The van der Waals surface area contributed by atoms with Gasteiger partial charge >= 0.3 is 5.97 Å². The zero-order chi connectivity index (χ0) is 21.6. The molecule has 2 nitrogen and oxygen atoms in total. The van der Waals surface area contributed by atoms with Gasteiger partial charge in [-0.2, -0.15) is 0 Å². The number of hydrogen-bond acceptors (Lipinski definition) is 1. The minimum Gasteiger partial charge on any atom is -0.481 e. The van der Waals surface area contributed by atoms with Crippen LogP contribution in [0.4, 0.5) is 0 Å². The molecule has 0 heterocycles. The number of carbonyl (C=O) groups is 1. The van der Waals surface area contributed by atoms with Crippen molar-refractivity contribution in [1.29, 1.82) is 0 Å². The highest BCUT2D eigenvalue weighted by atomic mass is 16.4. The van der Waals surface area contributed by atoms with Crippen molar-refractivity contribution in [3.8, 4) is 0 Å². The van der Waals surface area contributed by atoms with E-state index in [1.54, 1.807) is 11.1 Å². The molecule has 0 atom stereocenters. The Kier molecular flexibility index (Phi) is 8.04. The van der Waals surface area contributed by atoms with Gasteiger partial charge in [0.15, 0.2) is 0 Å². The number of hydrogen-bond donors (Lipinski definition) is 1. The summed E-state index contributed by atoms with van der Waals surface area (Å²) in [7, 11) is 0. The lowest BCUT2D eigenvalue weighted by Gasteiger charge is -2.16. The van der Waals surface area contributed by atoms with E-state index in [2.05, 4.69) is 32.9 Å². The van der Waals surface area contributed by atoms with Gasteiger partial charge in [0.25, 0.3) is 0 Å². The zero-order valence-electron chi connectivity index (χ0n) is 19.8. The highest BCUT2D eigenvalue weighted by Crippen LogP contribution is 2.50. The van der Waals surface area contributed by atoms with E-state index in [0.717, 1.165) is 25.7 Å². The normalized spacial score (nSPS) is 18.4. The van der Waals surface area contributed by atoms with Crippen LogP contribution in [-0.2, 0) is 17.6 Å². The quantitative estimate of drug-likeness (QED) is 0.297. The fraction of sp³-hybridized carbons (Fsp3) is 0.750. The van der Waals surface area contributed by atoms with Crippen LogP contribution >= 0.6 is 0 Å². The highest BCUT2D eigenvalue weighted by molar-refractivity contribution is 5.77. The average molecular weight is 413 g/mol. The smallest absolute Gasteiger partial charge is 0.309 e. The van der Waals surface area contributed by atoms with Crippen LogP contribution < -0.4 is 0 Å². The molecule has 2 heteroatoms. The molecule has 1 aromatic carbocycles. The van der Waals surface area contributed by atoms with E-state index in [1.807, 2.05) is 0 Å². The van der Waals surface area contributed by atoms with Crippen LogP contribution in [0.5, 0.6) is 0 Å². The summed E-state index contributed by atoms with van der Waals surface area (Å²) in [6, 6.07) is 4.61. The van der Waals surface area contributed by atoms with Crippen molar-refractivity contribution in [1.82, 2.24) is 0 Å². The van der Waals surface area contributed by atoms with Gasteiger partial charge in [-0.15, -0.1) is 0 Å². The highest BCUT2D eigenvalue weighted by Gasteiger charge is 2.49. The summed E-state index contributed by atoms with van der Waals surface area (Å²) in [5.74, 6) is -0.565. The minimum atomic E-state index is -0.565. The predicted octanol–water partition coefficient (Wildman–Crippen LogP) is 7.95. The first-order valence-electron chi connectivity index (χ1n) is 12.7. The lowest BCUT2D eigenvalue weighted by molar-refractivity contribution is -0.143. The van der Waals surface area contributed by atoms with E-state index in [4.69, 9.17) is 0 Å². The molecule has 0 amide bonds. The second-order valence-corrected chi connectivity index (χ2v) is 10.9. The molecule has 2 fully saturated rings. The number of carboxylic acids is 1. The molecule has 0 radical (unpaired) electrons. The van der Waals surface area contributed by atoms with Crippen molar-refractivity contribution in [3.05, 3.63) is 34.4 Å². The van der Waals surface area contributed by atoms with Crippen molar-refractivity contribution >= 4 is 5.97 Å². The van der Waals surface area contributed by atoms with Crippen molar-refractivity contribution in [3.63, 3.8) is 0 Å². The summed E-state index contributed by atoms with van der Waals surface area (Å²) in [6.45, 7) is 7.01. The largest absolute Gasteiger partial charge is 0.481 e. The number of benzene rings is 1. The number of unbranched alkanes of at least 4 members (excludes halogenated alkanes) is 6. The number of rotatable bonds is 15. The van der Waals surface area contributed by atoms with Crippen LogP contribution in [0.15, 0.2) is 12.1 Å². The molecule has 0 aliphatic heterocycles. The Labute approximate surface area is 184 Å². The standard InChI is InChI=1S/C28H44O2/c1-22-14-15-23(2)25(13-9-5-7-11-17-28(20-21-28)26(29)30)24(22)12-8-4-6-10-16-27(3)18-19-27/h14-15H,4-13,16-21H2,1-3H3,(H,29,30). The molecule has 30 heavy (non-hydrogen) atoms. The van der Waals surface area contributed by atoms with Gasteiger partial charge in [0.2, 0.25) is 0 Å². The Morgan fingerprint density at radius 2 is 1.23 bits per heavy atom. The minimum absolute atomic E-state index is 0.337. The predicted molar refractivity (Wildman–Crippen MR) is 126 cm³/mol. The van der Waals surface area contributed by atoms with Crippen LogP contribution in [0.1, 0.15) is 119 Å². The van der Waals surface area contributed by atoms with Crippen LogP contribution in [0.25, 0.3) is 0 Å². The second-order valence-electron chi connectivity index (χ2n) is 10.9. The number of carboxylic acid groups (broad SMARTS) is 1. The molecular weight excluding hydrogens is 368 g/mol. The Morgan fingerprint density at radius 1 is 0.767 bits per heavy atom. The zero-order valence-corrected chi connectivity index (χ0v) is 19.8. The van der Waals surface area contributed by atoms with Crippen LogP contribution in [0, 0.1) is 24.7 Å². The van der Waals surface area contributed by atoms with E-state index in [1.165, 1.54) is 88.2 Å². The fourth-order valence-corrected chi connectivity index (χ4v) is 5.13. The molecule has 1 aromatic rings. The Hall–Kier alpha value is -1.31. The Balaban J connectivity index is 1.37. The summed E-state index contributed by atoms with van der Waals surface area (Å²) >= 11 is 0. The molecular formula is C28H44O2. The SMILES string of the molecule is Cc1ccc(C)c(CCCCCCC2(C(=O)O)CC2)c1CCCCCCC1(C)CC1. The summed E-state index contributed by atoms with van der Waals surface area (Å²) in [4.78, 5) is 11.3. The maximum absolute atomic E-state index is 11.3. The van der Waals surface area contributed by atoms with Crippen LogP contribution in [-0.4, -0.2) is 11.1 Å². The summed E-state index contributed by atoms with van der Waals surface area (Å²) in [5.41, 5.74) is 6.53. The van der Waals surface area contributed by atoms with Gasteiger partial charge in [0.05, 0.1) is 5.41 Å². The lowest BCUT2D eigenvalue weighted by atomic mass is 9.89. The molecule has 0 bridgehead atoms. The van der Waals surface area contributed by atoms with Crippen molar-refractivity contribution in [2.24, 2.45) is 10.8 Å². The molecule has 0 saturated heterocycles. The van der Waals surface area contributed by atoms with Crippen molar-refractivity contribution in [2.45, 2.75) is 124 Å². The first-order chi connectivity index (χ1) is 14.4. The Bertz CT molecular complexity index is 710. The maximum atomic E-state index is 11.3. The van der Waals surface area contributed by atoms with Gasteiger partial charge in [-0.1, -0.05) is 57.6 Å². The second kappa shape index (κ2) is 10.3. The Morgan fingerprint density at radius 3 is 1.67 bits per heavy atom. The molecule has 2 aliphatic carbocycles. The monoisotopic (exact) mass is 412 g/mol. The summed E-state index contributed by atoms with van der Waals surface area (Å²) in [5, 5.41) is 9.30. The molecule has 3 rings (SSSR count). The van der Waals surface area contributed by atoms with Gasteiger partial charge < -0.3 is 5.11 Å². The van der Waals surface area contributed by atoms with E-state index in [0.29, 0.717) is 5.41 Å². The lowest BCUT2D eigenvalue weighted by Crippen LogP contribution is -2.14. The average Bonchev–Trinajstić information content (AvgIpc) is 3.63. The molecule has 2 saturated carbocycles. The van der Waals surface area contributed by atoms with E-state index < -0.39 is 5.97 Å². The molecule has 0 spiro atoms. The third-order valence-corrected chi connectivity index (χ3v) is 8.10. The maximum Gasteiger partial charge on any atom is 0.309 e. The molecule has 0 aromatic heterocycles. The van der Waals surface area contributed by atoms with Crippen LogP contribution in [0.2, 0.25) is 0 Å². The van der Waals surface area contributed by atoms with Crippen molar-refractivity contribution in [2.75, 3.05) is 0 Å². The molecule has 1 N–H and O–H groups in total. The van der Waals surface area contributed by atoms with Crippen molar-refractivity contribution < 1.29 is 9.90 Å². The summed E-state index contributed by atoms with van der Waals surface area (Å²) in [6.07, 6.45) is 19.7. The molecule has 168 valence electrons. The van der Waals surface area contributed by atoms with Crippen LogP contribution in [0.3, 0.4) is 0 Å². The van der Waals surface area contributed by atoms with Gasteiger partial charge in [-0.05, 0) is 106 Å². The van der Waals surface area contributed by atoms with Gasteiger partial charge in [-0.25, -0.2) is 0 Å². The summed E-state index contributed by atoms with van der Waals surface area (Å²) < 4.78 is 0. The third kappa shape index (κ3) is 6.59. The topological polar surface area (TPSA) is 37.3 Å². The first kappa shape index (κ1) is 23.4. The third-order valence-electron chi connectivity index (χ3n) is 8.10. The first-order valence-corrected chi connectivity index (χ1v) is 12.7. The van der Waals surface area contributed by atoms with Gasteiger partial charge in [-0.3, -0.25) is 4.79 Å². The molecule has 0 unspecified atom stereocenters. The van der Waals surface area contributed by atoms with E-state index in [-0.39, 0.29) is 5.41 Å². The van der Waals surface area contributed by atoms with E-state index >= 15 is 0 Å². The fourth-order valence-electron chi connectivity index (χ4n) is 5.13. The van der Waals surface area contributed by atoms with E-state index in [9.17, 15) is 9.90 Å². The van der Waals surface area contributed by atoms with Gasteiger partial charge in [0.1, 0.15) is 0 Å².